The predicted octanol–water partition coefficient (Wildman–Crippen LogP) is 1.29. The summed E-state index contributed by atoms with van der Waals surface area (Å²) in [6, 6.07) is 0.0146. The van der Waals surface area contributed by atoms with Gasteiger partial charge in [-0.25, -0.2) is 10.8 Å². The van der Waals surface area contributed by atoms with Crippen molar-refractivity contribution in [1.82, 2.24) is 14.9 Å². The SMILES string of the molecule is NNc1cnc(CN(CC(F)(F)F)C2CC2)cn1. The molecule has 0 radical (unpaired) electrons. The number of rotatable bonds is 5. The Bertz CT molecular complexity index is 387. The number of nitrogen functional groups attached to an aromatic ring is 1. The molecule has 1 saturated carbocycles. The Morgan fingerprint density at radius 2 is 2.06 bits per heavy atom. The smallest absolute Gasteiger partial charge is 0.307 e. The van der Waals surface area contributed by atoms with E-state index in [1.807, 2.05) is 0 Å². The first-order valence-corrected chi connectivity index (χ1v) is 5.56. The average Bonchev–Trinajstić information content (AvgIpc) is 3.11. The molecule has 1 aromatic rings. The van der Waals surface area contributed by atoms with Crippen LogP contribution in [0.1, 0.15) is 18.5 Å². The van der Waals surface area contributed by atoms with Crippen molar-refractivity contribution in [2.75, 3.05) is 12.0 Å². The minimum atomic E-state index is -4.19. The molecule has 0 atom stereocenters. The number of hydrogen-bond donors (Lipinski definition) is 2. The molecule has 1 fully saturated rings. The molecule has 0 spiro atoms. The average molecular weight is 261 g/mol. The maximum Gasteiger partial charge on any atom is 0.401 e. The number of aromatic nitrogens is 2. The predicted molar refractivity (Wildman–Crippen MR) is 59.3 cm³/mol. The molecule has 1 aliphatic carbocycles. The topological polar surface area (TPSA) is 67.1 Å². The Morgan fingerprint density at radius 1 is 1.33 bits per heavy atom. The molecular formula is C10H14F3N5. The van der Waals surface area contributed by atoms with Crippen molar-refractivity contribution in [3.63, 3.8) is 0 Å². The highest BCUT2D eigenvalue weighted by Gasteiger charge is 2.38. The summed E-state index contributed by atoms with van der Waals surface area (Å²) in [5.41, 5.74) is 2.82. The van der Waals surface area contributed by atoms with E-state index in [-0.39, 0.29) is 12.6 Å². The Labute approximate surface area is 102 Å². The lowest BCUT2D eigenvalue weighted by atomic mass is 10.3. The number of nitrogens with two attached hydrogens (primary N) is 1. The van der Waals surface area contributed by atoms with Gasteiger partial charge in [0.15, 0.2) is 5.82 Å². The normalized spacial score (nSPS) is 16.1. The lowest BCUT2D eigenvalue weighted by Crippen LogP contribution is -2.35. The van der Waals surface area contributed by atoms with Gasteiger partial charge in [0.2, 0.25) is 0 Å². The number of anilines is 1. The maximum absolute atomic E-state index is 12.4. The summed E-state index contributed by atoms with van der Waals surface area (Å²) in [5.74, 6) is 5.51. The van der Waals surface area contributed by atoms with Gasteiger partial charge in [-0.05, 0) is 12.8 Å². The van der Waals surface area contributed by atoms with E-state index in [0.29, 0.717) is 11.5 Å². The van der Waals surface area contributed by atoms with Crippen molar-refractivity contribution >= 4 is 5.82 Å². The molecule has 1 aliphatic rings. The molecule has 0 aromatic carbocycles. The molecule has 2 rings (SSSR count). The zero-order valence-corrected chi connectivity index (χ0v) is 9.61. The molecule has 0 unspecified atom stereocenters. The van der Waals surface area contributed by atoms with Gasteiger partial charge in [0.05, 0.1) is 24.6 Å². The molecule has 0 amide bonds. The number of alkyl halides is 3. The summed E-state index contributed by atoms with van der Waals surface area (Å²) in [6.07, 6.45) is 0.265. The lowest BCUT2D eigenvalue weighted by Gasteiger charge is -2.22. The van der Waals surface area contributed by atoms with Crippen LogP contribution in [0.15, 0.2) is 12.4 Å². The van der Waals surface area contributed by atoms with Gasteiger partial charge >= 0.3 is 6.18 Å². The fourth-order valence-corrected chi connectivity index (χ4v) is 1.70. The second kappa shape index (κ2) is 5.07. The minimum Gasteiger partial charge on any atom is -0.307 e. The van der Waals surface area contributed by atoms with Crippen LogP contribution < -0.4 is 11.3 Å². The number of nitrogens with one attached hydrogen (secondary N) is 1. The largest absolute Gasteiger partial charge is 0.401 e. The summed E-state index contributed by atoms with van der Waals surface area (Å²) in [6.45, 7) is -0.752. The second-order valence-electron chi connectivity index (χ2n) is 4.29. The van der Waals surface area contributed by atoms with E-state index in [1.54, 1.807) is 0 Å². The monoisotopic (exact) mass is 261 g/mol. The van der Waals surface area contributed by atoms with Gasteiger partial charge in [0.1, 0.15) is 0 Å². The van der Waals surface area contributed by atoms with Crippen LogP contribution in [-0.4, -0.2) is 33.6 Å². The van der Waals surface area contributed by atoms with E-state index in [9.17, 15) is 13.2 Å². The first kappa shape index (κ1) is 13.0. The van der Waals surface area contributed by atoms with E-state index >= 15 is 0 Å². The third kappa shape index (κ3) is 3.81. The Balaban J connectivity index is 1.99. The zero-order chi connectivity index (χ0) is 13.2. The fraction of sp³-hybridized carbons (Fsp3) is 0.600. The van der Waals surface area contributed by atoms with Crippen LogP contribution in [0.5, 0.6) is 0 Å². The quantitative estimate of drug-likeness (QED) is 0.617. The molecule has 5 nitrogen and oxygen atoms in total. The summed E-state index contributed by atoms with van der Waals surface area (Å²) in [7, 11) is 0. The molecule has 3 N–H and O–H groups in total. The van der Waals surface area contributed by atoms with Crippen LogP contribution in [0.2, 0.25) is 0 Å². The van der Waals surface area contributed by atoms with Crippen LogP contribution in [0.4, 0.5) is 19.0 Å². The summed E-state index contributed by atoms with van der Waals surface area (Å²) >= 11 is 0. The van der Waals surface area contributed by atoms with E-state index in [4.69, 9.17) is 5.84 Å². The van der Waals surface area contributed by atoms with E-state index < -0.39 is 12.7 Å². The molecule has 0 bridgehead atoms. The number of halogens is 3. The van der Waals surface area contributed by atoms with Gasteiger partial charge in [-0.1, -0.05) is 0 Å². The third-order valence-corrected chi connectivity index (χ3v) is 2.66. The molecular weight excluding hydrogens is 247 g/mol. The van der Waals surface area contributed by atoms with Crippen LogP contribution in [0.3, 0.4) is 0 Å². The Morgan fingerprint density at radius 3 is 2.50 bits per heavy atom. The first-order valence-electron chi connectivity index (χ1n) is 5.56. The van der Waals surface area contributed by atoms with Crippen LogP contribution in [-0.2, 0) is 6.54 Å². The molecule has 0 aliphatic heterocycles. The first-order chi connectivity index (χ1) is 8.48. The van der Waals surface area contributed by atoms with Gasteiger partial charge in [-0.3, -0.25) is 9.88 Å². The number of hydrogen-bond acceptors (Lipinski definition) is 5. The Hall–Kier alpha value is -1.41. The Kier molecular flexibility index (Phi) is 3.67. The highest BCUT2D eigenvalue weighted by atomic mass is 19.4. The van der Waals surface area contributed by atoms with Crippen LogP contribution >= 0.6 is 0 Å². The van der Waals surface area contributed by atoms with Crippen molar-refractivity contribution in [2.45, 2.75) is 31.6 Å². The van der Waals surface area contributed by atoms with Crippen molar-refractivity contribution in [3.05, 3.63) is 18.1 Å². The van der Waals surface area contributed by atoms with Gasteiger partial charge in [0.25, 0.3) is 0 Å². The fourth-order valence-electron chi connectivity index (χ4n) is 1.70. The molecule has 18 heavy (non-hydrogen) atoms. The van der Waals surface area contributed by atoms with Crippen molar-refractivity contribution in [1.29, 1.82) is 0 Å². The highest BCUT2D eigenvalue weighted by molar-refractivity contribution is 5.28. The third-order valence-electron chi connectivity index (χ3n) is 2.66. The van der Waals surface area contributed by atoms with E-state index in [0.717, 1.165) is 12.8 Å². The van der Waals surface area contributed by atoms with Gasteiger partial charge < -0.3 is 5.43 Å². The summed E-state index contributed by atoms with van der Waals surface area (Å²) in [5, 5.41) is 0. The highest BCUT2D eigenvalue weighted by Crippen LogP contribution is 2.31. The summed E-state index contributed by atoms with van der Waals surface area (Å²) < 4.78 is 37.2. The van der Waals surface area contributed by atoms with E-state index in [1.165, 1.54) is 17.3 Å². The van der Waals surface area contributed by atoms with Crippen molar-refractivity contribution < 1.29 is 13.2 Å². The lowest BCUT2D eigenvalue weighted by molar-refractivity contribution is -0.148. The van der Waals surface area contributed by atoms with Gasteiger partial charge in [-0.15, -0.1) is 0 Å². The molecule has 1 heterocycles. The van der Waals surface area contributed by atoms with Gasteiger partial charge in [0, 0.05) is 12.6 Å². The maximum atomic E-state index is 12.4. The molecule has 0 saturated heterocycles. The minimum absolute atomic E-state index is 0.0146. The molecule has 8 heteroatoms. The van der Waals surface area contributed by atoms with Crippen LogP contribution in [0.25, 0.3) is 0 Å². The number of nitrogens with zero attached hydrogens (tertiary/aromatic N) is 3. The zero-order valence-electron chi connectivity index (χ0n) is 9.61. The second-order valence-corrected chi connectivity index (χ2v) is 4.29. The van der Waals surface area contributed by atoms with Crippen LogP contribution in [0, 0.1) is 0 Å². The standard InChI is InChI=1S/C10H14F3N5/c11-10(12,13)6-18(8-1-2-8)5-7-3-16-9(17-14)4-15-7/h3-4,8H,1-2,5-6,14H2,(H,16,17). The van der Waals surface area contributed by atoms with E-state index in [2.05, 4.69) is 15.4 Å². The number of hydrazine groups is 1. The van der Waals surface area contributed by atoms with Gasteiger partial charge in [-0.2, -0.15) is 13.2 Å². The summed E-state index contributed by atoms with van der Waals surface area (Å²) in [4.78, 5) is 9.32. The van der Waals surface area contributed by atoms with Crippen molar-refractivity contribution in [3.8, 4) is 0 Å². The van der Waals surface area contributed by atoms with Crippen molar-refractivity contribution in [2.24, 2.45) is 5.84 Å². The molecule has 100 valence electrons. The molecule has 1 aromatic heterocycles.